The molecule has 4 atom stereocenters. The number of hydrogen-bond acceptors (Lipinski definition) is 5. The summed E-state index contributed by atoms with van der Waals surface area (Å²) in [5, 5.41) is 5.13. The van der Waals surface area contributed by atoms with Crippen LogP contribution in [-0.2, 0) is 11.8 Å². The number of fused-ring (bicyclic) bond motifs is 3. The zero-order valence-electron chi connectivity index (χ0n) is 15.9. The van der Waals surface area contributed by atoms with Crippen LogP contribution in [0, 0.1) is 5.92 Å². The molecule has 0 N–H and O–H groups in total. The van der Waals surface area contributed by atoms with Crippen molar-refractivity contribution in [1.82, 2.24) is 19.3 Å². The summed E-state index contributed by atoms with van der Waals surface area (Å²) < 4.78 is 10.0. The third-order valence-corrected chi connectivity index (χ3v) is 7.27. The maximum Gasteiger partial charge on any atom is 0.266 e. The topological polar surface area (TPSA) is 65.2 Å². The Balaban J connectivity index is 1.66. The standard InChI is InChI=1S/C19H26BrN5O2/c1-3-11-10-12-7-8-13(11)24(12)19-21-17-15(18(26)23(19)2)16(20)22-25(17)14-6-4-5-9-27-14/h11-14H,3-10H2,1-2H3/t11-,12+,13-,14?/m1/s1. The van der Waals surface area contributed by atoms with Crippen molar-refractivity contribution >= 4 is 32.9 Å². The predicted molar refractivity (Wildman–Crippen MR) is 107 cm³/mol. The Morgan fingerprint density at radius 2 is 2.11 bits per heavy atom. The third kappa shape index (κ3) is 2.59. The Morgan fingerprint density at radius 1 is 1.26 bits per heavy atom. The highest BCUT2D eigenvalue weighted by Gasteiger charge is 2.47. The van der Waals surface area contributed by atoms with E-state index in [9.17, 15) is 4.79 Å². The van der Waals surface area contributed by atoms with Crippen LogP contribution in [0.5, 0.6) is 0 Å². The van der Waals surface area contributed by atoms with Gasteiger partial charge in [-0.05, 0) is 60.4 Å². The summed E-state index contributed by atoms with van der Waals surface area (Å²) in [5.74, 6) is 1.50. The van der Waals surface area contributed by atoms with Gasteiger partial charge in [-0.25, -0.2) is 4.68 Å². The van der Waals surface area contributed by atoms with Gasteiger partial charge in [0.25, 0.3) is 5.56 Å². The van der Waals surface area contributed by atoms with Gasteiger partial charge in [-0.15, -0.1) is 0 Å². The maximum atomic E-state index is 13.2. The zero-order valence-corrected chi connectivity index (χ0v) is 17.5. The van der Waals surface area contributed by atoms with Gasteiger partial charge in [0.15, 0.2) is 11.9 Å². The first-order valence-electron chi connectivity index (χ1n) is 10.1. The molecule has 0 spiro atoms. The van der Waals surface area contributed by atoms with Gasteiger partial charge in [0.1, 0.15) is 9.99 Å². The van der Waals surface area contributed by atoms with Crippen LogP contribution in [0.2, 0.25) is 0 Å². The second-order valence-electron chi connectivity index (χ2n) is 8.14. The van der Waals surface area contributed by atoms with Gasteiger partial charge in [0.05, 0.1) is 0 Å². The zero-order chi connectivity index (χ0) is 18.7. The molecule has 0 aromatic carbocycles. The van der Waals surface area contributed by atoms with Crippen molar-refractivity contribution in [2.24, 2.45) is 13.0 Å². The lowest BCUT2D eigenvalue weighted by Gasteiger charge is -2.27. The van der Waals surface area contributed by atoms with Crippen molar-refractivity contribution in [3.05, 3.63) is 15.0 Å². The average molecular weight is 436 g/mol. The molecule has 3 aliphatic rings. The second-order valence-corrected chi connectivity index (χ2v) is 8.89. The van der Waals surface area contributed by atoms with Gasteiger partial charge in [0.2, 0.25) is 5.95 Å². The summed E-state index contributed by atoms with van der Waals surface area (Å²) >= 11 is 3.48. The van der Waals surface area contributed by atoms with E-state index in [0.717, 1.165) is 31.8 Å². The van der Waals surface area contributed by atoms with E-state index in [4.69, 9.17) is 9.72 Å². The molecule has 3 saturated heterocycles. The summed E-state index contributed by atoms with van der Waals surface area (Å²) in [4.78, 5) is 20.6. The molecule has 1 unspecified atom stereocenters. The molecule has 3 aliphatic heterocycles. The van der Waals surface area contributed by atoms with Crippen LogP contribution in [0.15, 0.2) is 9.40 Å². The molecular weight excluding hydrogens is 410 g/mol. The lowest BCUT2D eigenvalue weighted by atomic mass is 9.87. The van der Waals surface area contributed by atoms with Gasteiger partial charge in [-0.1, -0.05) is 13.3 Å². The summed E-state index contributed by atoms with van der Waals surface area (Å²) in [6.07, 6.45) is 7.75. The fourth-order valence-corrected chi connectivity index (χ4v) is 5.85. The number of rotatable bonds is 3. The minimum atomic E-state index is -0.140. The molecule has 2 bridgehead atoms. The van der Waals surface area contributed by atoms with Crippen molar-refractivity contribution in [3.63, 3.8) is 0 Å². The van der Waals surface area contributed by atoms with Crippen LogP contribution >= 0.6 is 15.9 Å². The van der Waals surface area contributed by atoms with Crippen molar-refractivity contribution in [1.29, 1.82) is 0 Å². The van der Waals surface area contributed by atoms with E-state index in [1.165, 1.54) is 25.7 Å². The van der Waals surface area contributed by atoms with Gasteiger partial charge >= 0.3 is 0 Å². The fourth-order valence-electron chi connectivity index (χ4n) is 5.33. The molecule has 27 heavy (non-hydrogen) atoms. The van der Waals surface area contributed by atoms with Gasteiger partial charge in [-0.3, -0.25) is 9.36 Å². The Hall–Kier alpha value is -1.41. The Morgan fingerprint density at radius 3 is 2.81 bits per heavy atom. The molecule has 5 rings (SSSR count). The third-order valence-electron chi connectivity index (χ3n) is 6.72. The molecule has 0 amide bonds. The van der Waals surface area contributed by atoms with E-state index < -0.39 is 0 Å². The van der Waals surface area contributed by atoms with Crippen molar-refractivity contribution in [2.75, 3.05) is 11.5 Å². The van der Waals surface area contributed by atoms with E-state index in [-0.39, 0.29) is 11.8 Å². The quantitative estimate of drug-likeness (QED) is 0.739. The molecule has 0 aliphatic carbocycles. The van der Waals surface area contributed by atoms with E-state index >= 15 is 0 Å². The highest BCUT2D eigenvalue weighted by molar-refractivity contribution is 9.10. The Kier molecular flexibility index (Phi) is 4.31. The summed E-state index contributed by atoms with van der Waals surface area (Å²) in [6, 6.07) is 1.00. The fraction of sp³-hybridized carbons (Fsp3) is 0.737. The maximum absolute atomic E-state index is 13.2. The van der Waals surface area contributed by atoms with E-state index in [0.29, 0.717) is 33.6 Å². The number of anilines is 1. The van der Waals surface area contributed by atoms with Crippen LogP contribution in [0.3, 0.4) is 0 Å². The van der Waals surface area contributed by atoms with Crippen molar-refractivity contribution in [2.45, 2.75) is 70.2 Å². The minimum Gasteiger partial charge on any atom is -0.356 e. The molecule has 2 aromatic rings. The molecule has 3 fully saturated rings. The van der Waals surface area contributed by atoms with Crippen LogP contribution in [0.1, 0.15) is 58.1 Å². The van der Waals surface area contributed by atoms with Crippen LogP contribution in [0.4, 0.5) is 5.95 Å². The van der Waals surface area contributed by atoms with Crippen LogP contribution < -0.4 is 10.5 Å². The average Bonchev–Trinajstić information content (AvgIpc) is 3.36. The smallest absolute Gasteiger partial charge is 0.266 e. The molecule has 146 valence electrons. The highest BCUT2D eigenvalue weighted by Crippen LogP contribution is 2.45. The number of hydrogen-bond donors (Lipinski definition) is 0. The highest BCUT2D eigenvalue weighted by atomic mass is 79.9. The molecule has 0 saturated carbocycles. The van der Waals surface area contributed by atoms with Crippen molar-refractivity contribution in [3.8, 4) is 0 Å². The van der Waals surface area contributed by atoms with Crippen molar-refractivity contribution < 1.29 is 4.74 Å². The lowest BCUT2D eigenvalue weighted by Crippen LogP contribution is -2.36. The first-order chi connectivity index (χ1) is 13.1. The molecule has 5 heterocycles. The molecule has 0 radical (unpaired) electrons. The summed E-state index contributed by atoms with van der Waals surface area (Å²) in [5.41, 5.74) is 0.606. The van der Waals surface area contributed by atoms with Gasteiger partial charge < -0.3 is 9.64 Å². The Labute approximate surface area is 166 Å². The monoisotopic (exact) mass is 435 g/mol. The van der Waals surface area contributed by atoms with E-state index in [1.54, 1.807) is 4.57 Å². The normalized spacial score (nSPS) is 30.6. The number of aromatic nitrogens is 4. The Bertz CT molecular complexity index is 932. The van der Waals surface area contributed by atoms with Crippen LogP contribution in [0.25, 0.3) is 11.0 Å². The first-order valence-corrected chi connectivity index (χ1v) is 10.9. The lowest BCUT2D eigenvalue weighted by molar-refractivity contribution is -0.0371. The molecule has 7 nitrogen and oxygen atoms in total. The number of ether oxygens (including phenoxy) is 1. The number of nitrogens with zero attached hydrogens (tertiary/aromatic N) is 5. The predicted octanol–water partition coefficient (Wildman–Crippen LogP) is 3.36. The first kappa shape index (κ1) is 17.7. The molecule has 2 aromatic heterocycles. The minimum absolute atomic E-state index is 0.0386. The summed E-state index contributed by atoms with van der Waals surface area (Å²) in [7, 11) is 1.84. The molecular formula is C19H26BrN5O2. The van der Waals surface area contributed by atoms with E-state index in [1.807, 2.05) is 11.7 Å². The SMILES string of the molecule is CC[C@@H]1C[C@@H]2CC[C@H]1N2c1nc2c(c(Br)nn2C2CCCCO2)c(=O)n1C. The second kappa shape index (κ2) is 6.58. The number of halogens is 1. The molecule has 8 heteroatoms. The van der Waals surface area contributed by atoms with Gasteiger partial charge in [0, 0.05) is 25.7 Å². The van der Waals surface area contributed by atoms with Crippen LogP contribution in [-0.4, -0.2) is 38.0 Å². The largest absolute Gasteiger partial charge is 0.356 e. The van der Waals surface area contributed by atoms with Gasteiger partial charge in [-0.2, -0.15) is 10.1 Å². The van der Waals surface area contributed by atoms with E-state index in [2.05, 4.69) is 32.9 Å². The summed E-state index contributed by atoms with van der Waals surface area (Å²) in [6.45, 7) is 3.00.